The summed E-state index contributed by atoms with van der Waals surface area (Å²) >= 11 is 1.07. The molecule has 0 spiro atoms. The van der Waals surface area contributed by atoms with E-state index in [2.05, 4.69) is 31.5 Å². The molecule has 2 amide bonds. The van der Waals surface area contributed by atoms with Gasteiger partial charge in [0, 0.05) is 25.6 Å². The summed E-state index contributed by atoms with van der Waals surface area (Å²) in [5.41, 5.74) is 6.67. The van der Waals surface area contributed by atoms with Gasteiger partial charge in [-0.2, -0.15) is 9.97 Å². The third kappa shape index (κ3) is 8.81. The number of nitrogens with two attached hydrogens (primary N) is 1. The first-order valence-corrected chi connectivity index (χ1v) is 13.6. The lowest BCUT2D eigenvalue weighted by atomic mass is 10.1. The maximum absolute atomic E-state index is 12.9. The standard InChI is InChI=1S/C26H29N7O9S/c1-2-10-33(11-9-13-12-28-21-20(13)23(38)32-26(27)31-21)18-7-5-16(43-18)22(37)30-15(25(41)42)3-6-17(34)29-14(24(39)40)4-8-19(35)36/h1,5,7,12,14-15H,3-4,6,8-11H2,(H,29,34)(H,30,37)(H,35,36)(H,39,40)(H,41,42)(H4,27,28,31,32,38)/t14-,15-/m0/s1. The number of aliphatic carboxylic acids is 3. The average molecular weight is 616 g/mol. The van der Waals surface area contributed by atoms with Crippen LogP contribution in [0, 0.1) is 12.3 Å². The van der Waals surface area contributed by atoms with Gasteiger partial charge in [-0.25, -0.2) is 9.59 Å². The number of anilines is 2. The highest BCUT2D eigenvalue weighted by atomic mass is 32.1. The van der Waals surface area contributed by atoms with Crippen LogP contribution in [-0.4, -0.2) is 90.3 Å². The van der Waals surface area contributed by atoms with Gasteiger partial charge in [0.25, 0.3) is 5.91 Å². The molecular weight excluding hydrogens is 586 g/mol. The van der Waals surface area contributed by atoms with Gasteiger partial charge in [-0.1, -0.05) is 5.92 Å². The highest BCUT2D eigenvalue weighted by molar-refractivity contribution is 7.18. The quantitative estimate of drug-likeness (QED) is 0.102. The van der Waals surface area contributed by atoms with Gasteiger partial charge in [0.05, 0.1) is 21.8 Å². The first-order valence-electron chi connectivity index (χ1n) is 12.8. The maximum Gasteiger partial charge on any atom is 0.326 e. The molecule has 0 aliphatic rings. The number of carboxylic acids is 3. The van der Waals surface area contributed by atoms with Crippen molar-refractivity contribution in [3.05, 3.63) is 28.8 Å². The number of thiophene rings is 1. The number of carboxylic acid groups (broad SMARTS) is 3. The van der Waals surface area contributed by atoms with Crippen molar-refractivity contribution in [3.8, 4) is 18.2 Å². The van der Waals surface area contributed by atoms with Crippen LogP contribution in [0.15, 0.2) is 18.3 Å². The predicted octanol–water partition coefficient (Wildman–Crippen LogP) is 0.387. The molecule has 9 N–H and O–H groups in total. The van der Waals surface area contributed by atoms with E-state index in [1.165, 1.54) is 6.07 Å². The summed E-state index contributed by atoms with van der Waals surface area (Å²) in [4.78, 5) is 71.5. The summed E-state index contributed by atoms with van der Waals surface area (Å²) in [5, 5.41) is 43.2. The second-order valence-electron chi connectivity index (χ2n) is 9.25. The number of carbonyl (C=O) groups excluding carboxylic acids is 2. The number of aromatic amines is 1. The van der Waals surface area contributed by atoms with E-state index in [0.29, 0.717) is 34.6 Å². The Kier molecular flexibility index (Phi) is 10.8. The number of hydrogen-bond donors (Lipinski definition) is 8. The van der Waals surface area contributed by atoms with Crippen LogP contribution in [0.5, 0.6) is 5.88 Å². The van der Waals surface area contributed by atoms with E-state index >= 15 is 0 Å². The fourth-order valence-corrected chi connectivity index (χ4v) is 5.03. The van der Waals surface area contributed by atoms with Crippen molar-refractivity contribution in [2.45, 2.75) is 44.2 Å². The molecule has 0 bridgehead atoms. The molecule has 17 heteroatoms. The minimum absolute atomic E-state index is 0.0787. The van der Waals surface area contributed by atoms with Crippen LogP contribution in [0.1, 0.15) is 40.9 Å². The van der Waals surface area contributed by atoms with Crippen molar-refractivity contribution in [3.63, 3.8) is 0 Å². The summed E-state index contributed by atoms with van der Waals surface area (Å²) in [6.07, 6.45) is 6.04. The number of nitrogens with one attached hydrogen (secondary N) is 3. The van der Waals surface area contributed by atoms with Gasteiger partial charge >= 0.3 is 17.9 Å². The van der Waals surface area contributed by atoms with E-state index in [9.17, 15) is 39.3 Å². The molecule has 0 saturated heterocycles. The third-order valence-electron chi connectivity index (χ3n) is 6.22. The Morgan fingerprint density at radius 2 is 1.72 bits per heavy atom. The minimum Gasteiger partial charge on any atom is -0.493 e. The topological polar surface area (TPSA) is 261 Å². The number of nitrogens with zero attached hydrogens (tertiary/aromatic N) is 3. The molecule has 3 heterocycles. The van der Waals surface area contributed by atoms with Crippen LogP contribution in [0.2, 0.25) is 0 Å². The zero-order valence-corrected chi connectivity index (χ0v) is 23.4. The number of aromatic hydroxyl groups is 1. The predicted molar refractivity (Wildman–Crippen MR) is 154 cm³/mol. The van der Waals surface area contributed by atoms with Gasteiger partial charge in [-0.05, 0) is 37.0 Å². The van der Waals surface area contributed by atoms with Crippen molar-refractivity contribution >= 4 is 63.0 Å². The number of carbonyl (C=O) groups is 5. The summed E-state index contributed by atoms with van der Waals surface area (Å²) in [7, 11) is 0. The van der Waals surface area contributed by atoms with Gasteiger partial charge < -0.3 is 46.7 Å². The van der Waals surface area contributed by atoms with Crippen molar-refractivity contribution in [2.75, 3.05) is 23.7 Å². The Morgan fingerprint density at radius 1 is 1.05 bits per heavy atom. The molecule has 0 radical (unpaired) electrons. The molecule has 0 aliphatic carbocycles. The lowest BCUT2D eigenvalue weighted by Gasteiger charge is -2.20. The maximum atomic E-state index is 12.9. The number of rotatable bonds is 16. The molecule has 0 aliphatic heterocycles. The van der Waals surface area contributed by atoms with Gasteiger partial charge in [0.1, 0.15) is 17.7 Å². The molecule has 0 aromatic carbocycles. The van der Waals surface area contributed by atoms with E-state index < -0.39 is 54.6 Å². The van der Waals surface area contributed by atoms with Crippen molar-refractivity contribution < 1.29 is 44.4 Å². The van der Waals surface area contributed by atoms with Crippen LogP contribution < -0.4 is 21.3 Å². The monoisotopic (exact) mass is 615 g/mol. The van der Waals surface area contributed by atoms with Gasteiger partial charge in [0.2, 0.25) is 17.7 Å². The molecule has 3 aromatic rings. The fraction of sp³-hybridized carbons (Fsp3) is 0.346. The molecular formula is C26H29N7O9S. The Bertz CT molecular complexity index is 1560. The second kappa shape index (κ2) is 14.5. The number of nitrogen functional groups attached to an aromatic ring is 1. The second-order valence-corrected chi connectivity index (χ2v) is 10.3. The first kappa shape index (κ1) is 32.1. The molecule has 43 heavy (non-hydrogen) atoms. The van der Waals surface area contributed by atoms with E-state index in [4.69, 9.17) is 17.3 Å². The van der Waals surface area contributed by atoms with Crippen molar-refractivity contribution in [1.82, 2.24) is 25.6 Å². The van der Waals surface area contributed by atoms with Crippen LogP contribution in [0.4, 0.5) is 10.9 Å². The van der Waals surface area contributed by atoms with Gasteiger partial charge in [-0.15, -0.1) is 17.8 Å². The lowest BCUT2D eigenvalue weighted by molar-refractivity contribution is -0.143. The van der Waals surface area contributed by atoms with Gasteiger partial charge in [-0.3, -0.25) is 14.4 Å². The first-order chi connectivity index (χ1) is 20.4. The summed E-state index contributed by atoms with van der Waals surface area (Å²) in [6, 6.07) is 0.239. The molecule has 16 nitrogen and oxygen atoms in total. The van der Waals surface area contributed by atoms with Crippen LogP contribution in [-0.2, 0) is 25.6 Å². The zero-order chi connectivity index (χ0) is 31.7. The number of terminal acetylenes is 1. The Labute approximate surface area is 247 Å². The smallest absolute Gasteiger partial charge is 0.326 e. The van der Waals surface area contributed by atoms with Crippen LogP contribution >= 0.6 is 11.3 Å². The average Bonchev–Trinajstić information content (AvgIpc) is 3.58. The summed E-state index contributed by atoms with van der Waals surface area (Å²) in [5.74, 6) is -3.36. The highest BCUT2D eigenvalue weighted by Crippen LogP contribution is 2.29. The minimum atomic E-state index is -1.46. The largest absolute Gasteiger partial charge is 0.493 e. The molecule has 0 unspecified atom stereocenters. The summed E-state index contributed by atoms with van der Waals surface area (Å²) in [6.45, 7) is 0.579. The SMILES string of the molecule is C#CCN(CCc1c[nH]c2nc(N)nc(O)c12)c1ccc(C(=O)N[C@@H](CCC(=O)N[C@@H](CCC(=O)O)C(=O)O)C(=O)O)s1. The molecule has 228 valence electrons. The normalized spacial score (nSPS) is 12.2. The molecule has 0 saturated carbocycles. The molecule has 3 aromatic heterocycles. The summed E-state index contributed by atoms with van der Waals surface area (Å²) < 4.78 is 0. The fourth-order valence-electron chi connectivity index (χ4n) is 4.10. The van der Waals surface area contributed by atoms with Crippen LogP contribution in [0.25, 0.3) is 11.0 Å². The Hall–Kier alpha value is -5.37. The lowest BCUT2D eigenvalue weighted by Crippen LogP contribution is -2.44. The number of fused-ring (bicyclic) bond motifs is 1. The number of H-pyrrole nitrogens is 1. The third-order valence-corrected chi connectivity index (χ3v) is 7.36. The van der Waals surface area contributed by atoms with E-state index in [-0.39, 0.29) is 36.1 Å². The molecule has 0 fully saturated rings. The number of hydrogen-bond acceptors (Lipinski definition) is 11. The Balaban J connectivity index is 1.61. The highest BCUT2D eigenvalue weighted by Gasteiger charge is 2.25. The Morgan fingerprint density at radius 3 is 2.37 bits per heavy atom. The van der Waals surface area contributed by atoms with Crippen molar-refractivity contribution in [1.29, 1.82) is 0 Å². The van der Waals surface area contributed by atoms with E-state index in [0.717, 1.165) is 11.3 Å². The molecule has 3 rings (SSSR count). The van der Waals surface area contributed by atoms with Crippen LogP contribution in [0.3, 0.4) is 0 Å². The van der Waals surface area contributed by atoms with E-state index in [1.54, 1.807) is 12.3 Å². The van der Waals surface area contributed by atoms with Crippen molar-refractivity contribution in [2.24, 2.45) is 0 Å². The van der Waals surface area contributed by atoms with Gasteiger partial charge in [0.15, 0.2) is 0 Å². The zero-order valence-electron chi connectivity index (χ0n) is 22.6. The molecule has 2 atom stereocenters. The number of aromatic nitrogens is 3. The number of amides is 2. The van der Waals surface area contributed by atoms with E-state index in [1.807, 2.05) is 4.90 Å².